The van der Waals surface area contributed by atoms with Crippen molar-refractivity contribution in [2.45, 2.75) is 133 Å². The van der Waals surface area contributed by atoms with Crippen molar-refractivity contribution in [2.24, 2.45) is 40.4 Å². The minimum Gasteiger partial charge on any atom is -0.394 e. The minimum absolute atomic E-state index is 0.0961. The maximum absolute atomic E-state index is 11.7. The molecule has 4 unspecified atom stereocenters. The SMILES string of the molecule is C[C@H]1COC2OC3C([C@H]4[C@@H](O)C[C@H]5C6=CC[C@H]7C[C@@H](O[C@@H]8O[C@H](CO)[C@@H](O)[C@H](O)[C@H]8O)CC[C@]7(C)C6=CC[C@@]54C)[C@@H](O)OC3[C@@]21O. The highest BCUT2D eigenvalue weighted by Crippen LogP contribution is 2.67. The summed E-state index contributed by atoms with van der Waals surface area (Å²) in [5.41, 5.74) is 0.835. The van der Waals surface area contributed by atoms with E-state index in [1.165, 1.54) is 11.1 Å². The van der Waals surface area contributed by atoms with Gasteiger partial charge in [-0.15, -0.1) is 0 Å². The molecule has 19 atom stereocenters. The molecule has 4 aliphatic carbocycles. The summed E-state index contributed by atoms with van der Waals surface area (Å²) in [5.74, 6) is -0.629. The Morgan fingerprint density at radius 2 is 1.76 bits per heavy atom. The fraction of sp³-hybridized carbons (Fsp3) is 0.882. The second kappa shape index (κ2) is 11.0. The summed E-state index contributed by atoms with van der Waals surface area (Å²) >= 11 is 0. The van der Waals surface area contributed by atoms with Crippen LogP contribution in [0.4, 0.5) is 0 Å². The van der Waals surface area contributed by atoms with Crippen molar-refractivity contribution in [3.63, 3.8) is 0 Å². The number of ether oxygens (including phenoxy) is 5. The fourth-order valence-corrected chi connectivity index (χ4v) is 11.1. The van der Waals surface area contributed by atoms with Gasteiger partial charge in [0.05, 0.1) is 31.5 Å². The Kier molecular flexibility index (Phi) is 7.70. The average molecular weight is 651 g/mol. The van der Waals surface area contributed by atoms with E-state index < -0.39 is 79.7 Å². The number of fused-ring (bicyclic) bond motifs is 8. The Morgan fingerprint density at radius 3 is 2.52 bits per heavy atom. The van der Waals surface area contributed by atoms with Crippen molar-refractivity contribution in [3.8, 4) is 0 Å². The summed E-state index contributed by atoms with van der Waals surface area (Å²) in [4.78, 5) is 0. The number of aliphatic hydroxyl groups excluding tert-OH is 6. The predicted octanol–water partition coefficient (Wildman–Crippen LogP) is 0.0971. The molecule has 7 N–H and O–H groups in total. The van der Waals surface area contributed by atoms with Gasteiger partial charge < -0.3 is 59.4 Å². The molecule has 2 saturated carbocycles. The van der Waals surface area contributed by atoms with Crippen LogP contribution >= 0.6 is 0 Å². The first-order valence-electron chi connectivity index (χ1n) is 17.2. The minimum atomic E-state index is -1.47. The topological polar surface area (TPSA) is 188 Å². The van der Waals surface area contributed by atoms with Crippen molar-refractivity contribution in [1.29, 1.82) is 0 Å². The zero-order valence-electron chi connectivity index (χ0n) is 26.7. The van der Waals surface area contributed by atoms with Gasteiger partial charge in [-0.3, -0.25) is 0 Å². The van der Waals surface area contributed by atoms with Gasteiger partial charge in [0.25, 0.3) is 0 Å². The van der Waals surface area contributed by atoms with E-state index in [-0.39, 0.29) is 40.6 Å². The number of rotatable bonds is 4. The molecule has 4 saturated heterocycles. The first-order valence-corrected chi connectivity index (χ1v) is 17.2. The lowest BCUT2D eigenvalue weighted by Crippen LogP contribution is -2.60. The number of hydrogen-bond donors (Lipinski definition) is 7. The molecule has 8 rings (SSSR count). The molecular weight excluding hydrogens is 600 g/mol. The molecule has 4 aliphatic heterocycles. The molecule has 4 heterocycles. The van der Waals surface area contributed by atoms with E-state index in [4.69, 9.17) is 23.7 Å². The largest absolute Gasteiger partial charge is 0.394 e. The maximum Gasteiger partial charge on any atom is 0.189 e. The van der Waals surface area contributed by atoms with Crippen molar-refractivity contribution in [2.75, 3.05) is 13.2 Å². The van der Waals surface area contributed by atoms with Gasteiger partial charge in [0, 0.05) is 17.8 Å². The molecule has 258 valence electrons. The molecule has 12 nitrogen and oxygen atoms in total. The Hall–Kier alpha value is -1.00. The number of hydrogen-bond acceptors (Lipinski definition) is 12. The Balaban J connectivity index is 1.01. The van der Waals surface area contributed by atoms with Crippen molar-refractivity contribution in [1.82, 2.24) is 0 Å². The molecule has 12 heteroatoms. The van der Waals surface area contributed by atoms with Gasteiger partial charge in [-0.2, -0.15) is 0 Å². The normalized spacial score (nSPS) is 59.3. The lowest BCUT2D eigenvalue weighted by Gasteiger charge is -2.54. The molecule has 0 aromatic heterocycles. The van der Waals surface area contributed by atoms with Crippen LogP contribution in [0.15, 0.2) is 23.3 Å². The second-order valence-electron chi connectivity index (χ2n) is 16.0. The summed E-state index contributed by atoms with van der Waals surface area (Å²) in [6, 6.07) is 0. The predicted molar refractivity (Wildman–Crippen MR) is 158 cm³/mol. The zero-order valence-corrected chi connectivity index (χ0v) is 26.7. The monoisotopic (exact) mass is 650 g/mol. The second-order valence-corrected chi connectivity index (χ2v) is 16.0. The molecule has 0 bridgehead atoms. The standard InChI is InChI=1S/C34H50O12/c1-14-13-42-31-34(14,41)28-27(45-31)22(29(40)46-28)23-20(36)11-19-17-5-4-15-10-16(6-8-32(15,2)18(17)7-9-33(19,23)3)43-30-26(39)25(38)24(37)21(12-35)44-30/h5,7,14-16,19-31,35-41H,4,6,8-13H2,1-3H3/t14-,15-,16-,19-,20-,21+,22?,23+,24+,25-,26+,27?,28?,29-,30+,31?,32-,33-,34+/m0/s1. The molecule has 6 fully saturated rings. The number of allylic oxidation sites excluding steroid dienone is 4. The van der Waals surface area contributed by atoms with Crippen LogP contribution in [-0.2, 0) is 23.7 Å². The number of aliphatic hydroxyl groups is 7. The van der Waals surface area contributed by atoms with E-state index >= 15 is 0 Å². The van der Waals surface area contributed by atoms with Crippen LogP contribution in [0.3, 0.4) is 0 Å². The van der Waals surface area contributed by atoms with Gasteiger partial charge in [-0.1, -0.05) is 32.9 Å². The van der Waals surface area contributed by atoms with Crippen molar-refractivity contribution in [3.05, 3.63) is 23.3 Å². The highest BCUT2D eigenvalue weighted by molar-refractivity contribution is 5.47. The van der Waals surface area contributed by atoms with Gasteiger partial charge in [0.2, 0.25) is 0 Å². The van der Waals surface area contributed by atoms with E-state index in [9.17, 15) is 35.7 Å². The third-order valence-electron chi connectivity index (χ3n) is 13.8. The average Bonchev–Trinajstić information content (AvgIpc) is 3.68. The smallest absolute Gasteiger partial charge is 0.189 e. The molecule has 0 amide bonds. The summed E-state index contributed by atoms with van der Waals surface area (Å²) in [7, 11) is 0. The zero-order chi connectivity index (χ0) is 32.5. The van der Waals surface area contributed by atoms with Gasteiger partial charge >= 0.3 is 0 Å². The summed E-state index contributed by atoms with van der Waals surface area (Å²) in [5, 5.41) is 75.0. The van der Waals surface area contributed by atoms with E-state index in [0.717, 1.165) is 32.1 Å². The van der Waals surface area contributed by atoms with E-state index in [0.29, 0.717) is 13.0 Å². The van der Waals surface area contributed by atoms with Crippen LogP contribution in [0.25, 0.3) is 0 Å². The molecule has 0 spiro atoms. The summed E-state index contributed by atoms with van der Waals surface area (Å²) in [6.45, 7) is 6.31. The quantitative estimate of drug-likeness (QED) is 0.218. The third kappa shape index (κ3) is 4.29. The van der Waals surface area contributed by atoms with Gasteiger partial charge in [0.1, 0.15) is 36.1 Å². The van der Waals surface area contributed by atoms with E-state index in [1.807, 2.05) is 6.92 Å². The molecular formula is C34H50O12. The molecule has 46 heavy (non-hydrogen) atoms. The fourth-order valence-electron chi connectivity index (χ4n) is 11.1. The first-order chi connectivity index (χ1) is 21.8. The van der Waals surface area contributed by atoms with Crippen molar-refractivity contribution >= 4 is 0 Å². The summed E-state index contributed by atoms with van der Waals surface area (Å²) in [6.07, 6.45) is -1.47. The van der Waals surface area contributed by atoms with Crippen LogP contribution in [0.5, 0.6) is 0 Å². The van der Waals surface area contributed by atoms with Crippen molar-refractivity contribution < 1.29 is 59.4 Å². The maximum atomic E-state index is 11.7. The van der Waals surface area contributed by atoms with Crippen LogP contribution in [0, 0.1) is 40.4 Å². The molecule has 0 radical (unpaired) electrons. The summed E-state index contributed by atoms with van der Waals surface area (Å²) < 4.78 is 29.9. The first kappa shape index (κ1) is 32.2. The molecule has 0 aromatic carbocycles. The van der Waals surface area contributed by atoms with E-state index in [2.05, 4.69) is 26.0 Å². The van der Waals surface area contributed by atoms with Gasteiger partial charge in [-0.25, -0.2) is 0 Å². The lowest BCUT2D eigenvalue weighted by atomic mass is 9.51. The molecule has 0 aromatic rings. The highest BCUT2D eigenvalue weighted by atomic mass is 16.7. The third-order valence-corrected chi connectivity index (χ3v) is 13.8. The Bertz CT molecular complexity index is 1270. The van der Waals surface area contributed by atoms with Crippen LogP contribution in [-0.4, -0.2) is 122 Å². The van der Waals surface area contributed by atoms with E-state index in [1.54, 1.807) is 0 Å². The van der Waals surface area contributed by atoms with Crippen LogP contribution in [0.2, 0.25) is 0 Å². The Labute approximate surface area is 268 Å². The highest BCUT2D eigenvalue weighted by Gasteiger charge is 2.72. The Morgan fingerprint density at radius 1 is 0.978 bits per heavy atom. The van der Waals surface area contributed by atoms with Crippen LogP contribution in [0.1, 0.15) is 59.3 Å². The molecule has 8 aliphatic rings. The van der Waals surface area contributed by atoms with Gasteiger partial charge in [0.15, 0.2) is 18.9 Å². The van der Waals surface area contributed by atoms with Gasteiger partial charge in [-0.05, 0) is 72.3 Å². The van der Waals surface area contributed by atoms with Crippen LogP contribution < -0.4 is 0 Å². The lowest BCUT2D eigenvalue weighted by molar-refractivity contribution is -0.314.